The van der Waals surface area contributed by atoms with Crippen molar-refractivity contribution < 1.29 is 13.2 Å². The first-order valence-electron chi connectivity index (χ1n) is 6.18. The zero-order valence-corrected chi connectivity index (χ0v) is 12.0. The van der Waals surface area contributed by atoms with Crippen LogP contribution >= 0.6 is 0 Å². The van der Waals surface area contributed by atoms with Crippen LogP contribution < -0.4 is 10.5 Å². The quantitative estimate of drug-likeness (QED) is 0.824. The maximum atomic E-state index is 11.6. The largest absolute Gasteiger partial charge is 0.324 e. The van der Waals surface area contributed by atoms with Gasteiger partial charge in [-0.05, 0) is 25.8 Å². The third-order valence-electron chi connectivity index (χ3n) is 2.79. The predicted molar refractivity (Wildman–Crippen MR) is 74.8 cm³/mol. The van der Waals surface area contributed by atoms with Gasteiger partial charge in [-0.2, -0.15) is 0 Å². The molecule has 0 aromatic heterocycles. The lowest BCUT2D eigenvalue weighted by atomic mass is 10.0. The number of rotatable bonds is 6. The molecule has 106 valence electrons. The van der Waals surface area contributed by atoms with Gasteiger partial charge in [0.1, 0.15) is 0 Å². The molecule has 0 aliphatic carbocycles. The molecule has 5 nitrogen and oxygen atoms in total. The number of carbonyl (C=O) groups is 1. The molecule has 6 heteroatoms. The second kappa shape index (κ2) is 6.68. The Morgan fingerprint density at radius 2 is 1.84 bits per heavy atom. The Morgan fingerprint density at radius 3 is 2.37 bits per heavy atom. The molecular formula is C13H20N2O3S. The fourth-order valence-electron chi connectivity index (χ4n) is 1.48. The van der Waals surface area contributed by atoms with Crippen molar-refractivity contribution in [3.63, 3.8) is 0 Å². The zero-order valence-electron chi connectivity index (χ0n) is 11.2. The van der Waals surface area contributed by atoms with Crippen LogP contribution in [0.4, 0.5) is 0 Å². The second-order valence-electron chi connectivity index (χ2n) is 4.67. The van der Waals surface area contributed by atoms with E-state index in [0.29, 0.717) is 6.42 Å². The first-order chi connectivity index (χ1) is 8.83. The van der Waals surface area contributed by atoms with E-state index in [0.717, 1.165) is 5.56 Å². The van der Waals surface area contributed by atoms with Gasteiger partial charge < -0.3 is 5.73 Å². The van der Waals surface area contributed by atoms with Gasteiger partial charge in [-0.3, -0.25) is 9.52 Å². The van der Waals surface area contributed by atoms with Crippen LogP contribution in [0, 0.1) is 0 Å². The van der Waals surface area contributed by atoms with E-state index in [-0.39, 0.29) is 12.5 Å². The molecule has 19 heavy (non-hydrogen) atoms. The highest BCUT2D eigenvalue weighted by atomic mass is 32.2. The van der Waals surface area contributed by atoms with Gasteiger partial charge in [0.2, 0.25) is 15.9 Å². The number of hydrogen-bond acceptors (Lipinski definition) is 4. The maximum absolute atomic E-state index is 11.6. The van der Waals surface area contributed by atoms with Crippen LogP contribution in [0.5, 0.6) is 0 Å². The normalized spacial score (nSPS) is 13.3. The molecule has 0 bridgehead atoms. The Balaban J connectivity index is 2.47. The van der Waals surface area contributed by atoms with Crippen molar-refractivity contribution in [1.82, 2.24) is 4.72 Å². The summed E-state index contributed by atoms with van der Waals surface area (Å²) in [6, 6.07) is 9.13. The van der Waals surface area contributed by atoms with Crippen LogP contribution in [0.15, 0.2) is 30.3 Å². The average molecular weight is 284 g/mol. The summed E-state index contributed by atoms with van der Waals surface area (Å²) in [6.07, 6.45) is 0.492. The third-order valence-corrected chi connectivity index (χ3v) is 4.54. The fraction of sp³-hybridized carbons (Fsp3) is 0.462. The fourth-order valence-corrected chi connectivity index (χ4v) is 2.14. The van der Waals surface area contributed by atoms with Gasteiger partial charge >= 0.3 is 0 Å². The van der Waals surface area contributed by atoms with E-state index < -0.39 is 21.2 Å². The highest BCUT2D eigenvalue weighted by Gasteiger charge is 2.19. The minimum Gasteiger partial charge on any atom is -0.324 e. The van der Waals surface area contributed by atoms with Gasteiger partial charge in [-0.25, -0.2) is 8.42 Å². The van der Waals surface area contributed by atoms with E-state index in [4.69, 9.17) is 5.73 Å². The molecule has 0 fully saturated rings. The molecule has 1 amide bonds. The molecule has 0 heterocycles. The summed E-state index contributed by atoms with van der Waals surface area (Å²) >= 11 is 0. The molecule has 0 spiro atoms. The van der Waals surface area contributed by atoms with Gasteiger partial charge in [-0.1, -0.05) is 30.3 Å². The molecule has 1 rings (SSSR count). The van der Waals surface area contributed by atoms with E-state index in [9.17, 15) is 13.2 Å². The van der Waals surface area contributed by atoms with Crippen molar-refractivity contribution in [3.8, 4) is 0 Å². The summed E-state index contributed by atoms with van der Waals surface area (Å²) in [6.45, 7) is 3.04. The number of amides is 1. The molecule has 1 aromatic carbocycles. The highest BCUT2D eigenvalue weighted by molar-refractivity contribution is 7.90. The summed E-state index contributed by atoms with van der Waals surface area (Å²) in [5, 5.41) is -0.626. The van der Waals surface area contributed by atoms with Crippen LogP contribution in [0.25, 0.3) is 0 Å². The SMILES string of the molecule is CC(C)S(=O)(=O)NC(=O)CCC(N)c1ccccc1. The van der Waals surface area contributed by atoms with Crippen LogP contribution in [0.2, 0.25) is 0 Å². The van der Waals surface area contributed by atoms with Crippen LogP contribution in [-0.4, -0.2) is 19.6 Å². The molecule has 0 saturated carbocycles. The van der Waals surface area contributed by atoms with E-state index in [1.807, 2.05) is 35.1 Å². The van der Waals surface area contributed by atoms with Gasteiger partial charge in [0.15, 0.2) is 0 Å². The molecular weight excluding hydrogens is 264 g/mol. The Kier molecular flexibility index (Phi) is 5.50. The Labute approximate surface area is 114 Å². The number of benzene rings is 1. The van der Waals surface area contributed by atoms with E-state index >= 15 is 0 Å². The predicted octanol–water partition coefficient (Wildman–Crippen LogP) is 1.32. The van der Waals surface area contributed by atoms with Crippen molar-refractivity contribution in [2.45, 2.75) is 38.0 Å². The number of nitrogens with one attached hydrogen (secondary N) is 1. The van der Waals surface area contributed by atoms with E-state index in [1.165, 1.54) is 13.8 Å². The summed E-state index contributed by atoms with van der Waals surface area (Å²) in [7, 11) is -3.55. The highest BCUT2D eigenvalue weighted by Crippen LogP contribution is 2.15. The maximum Gasteiger partial charge on any atom is 0.237 e. The number of hydrogen-bond donors (Lipinski definition) is 2. The molecule has 0 aliphatic rings. The minimum absolute atomic E-state index is 0.0853. The number of carbonyl (C=O) groups excluding carboxylic acids is 1. The van der Waals surface area contributed by atoms with Crippen LogP contribution in [-0.2, 0) is 14.8 Å². The molecule has 0 aliphatic heterocycles. The molecule has 1 atom stereocenters. The van der Waals surface area contributed by atoms with Crippen molar-refractivity contribution >= 4 is 15.9 Å². The topological polar surface area (TPSA) is 89.3 Å². The minimum atomic E-state index is -3.55. The first kappa shape index (κ1) is 15.7. The lowest BCUT2D eigenvalue weighted by molar-refractivity contribution is -0.119. The monoisotopic (exact) mass is 284 g/mol. The first-order valence-corrected chi connectivity index (χ1v) is 7.72. The van der Waals surface area contributed by atoms with Crippen LogP contribution in [0.3, 0.4) is 0 Å². The Hall–Kier alpha value is -1.40. The van der Waals surface area contributed by atoms with Gasteiger partial charge in [-0.15, -0.1) is 0 Å². The van der Waals surface area contributed by atoms with Crippen molar-refractivity contribution in [3.05, 3.63) is 35.9 Å². The van der Waals surface area contributed by atoms with Crippen molar-refractivity contribution in [2.75, 3.05) is 0 Å². The average Bonchev–Trinajstić information content (AvgIpc) is 2.36. The second-order valence-corrected chi connectivity index (χ2v) is 6.91. The van der Waals surface area contributed by atoms with Crippen molar-refractivity contribution in [2.24, 2.45) is 5.73 Å². The molecule has 1 aromatic rings. The van der Waals surface area contributed by atoms with Gasteiger partial charge in [0, 0.05) is 12.5 Å². The van der Waals surface area contributed by atoms with E-state index in [1.54, 1.807) is 0 Å². The zero-order chi connectivity index (χ0) is 14.5. The summed E-state index contributed by atoms with van der Waals surface area (Å²) in [4.78, 5) is 11.6. The van der Waals surface area contributed by atoms with Gasteiger partial charge in [0.25, 0.3) is 0 Å². The molecule has 1 unspecified atom stereocenters. The third kappa shape index (κ3) is 5.00. The van der Waals surface area contributed by atoms with Crippen molar-refractivity contribution in [1.29, 1.82) is 0 Å². The molecule has 0 radical (unpaired) electrons. The molecule has 3 N–H and O–H groups in total. The Morgan fingerprint density at radius 1 is 1.26 bits per heavy atom. The smallest absolute Gasteiger partial charge is 0.237 e. The number of sulfonamides is 1. The lowest BCUT2D eigenvalue weighted by Gasteiger charge is -2.13. The summed E-state index contributed by atoms with van der Waals surface area (Å²) in [5.41, 5.74) is 6.87. The Bertz CT molecular complexity index is 512. The number of nitrogens with two attached hydrogens (primary N) is 1. The summed E-state index contributed by atoms with van der Waals surface area (Å²) in [5.74, 6) is -0.514. The standard InChI is InChI=1S/C13H20N2O3S/c1-10(2)19(17,18)15-13(16)9-8-12(14)11-6-4-3-5-7-11/h3-7,10,12H,8-9,14H2,1-2H3,(H,15,16). The lowest BCUT2D eigenvalue weighted by Crippen LogP contribution is -2.36. The van der Waals surface area contributed by atoms with Crippen LogP contribution in [0.1, 0.15) is 38.3 Å². The van der Waals surface area contributed by atoms with E-state index in [2.05, 4.69) is 0 Å². The molecule has 0 saturated heterocycles. The summed E-state index contributed by atoms with van der Waals surface area (Å²) < 4.78 is 25.0. The van der Waals surface area contributed by atoms with Gasteiger partial charge in [0.05, 0.1) is 5.25 Å².